The van der Waals surface area contributed by atoms with Crippen molar-refractivity contribution in [3.8, 4) is 0 Å². The summed E-state index contributed by atoms with van der Waals surface area (Å²) in [5, 5.41) is 11.6. The molecule has 5 heteroatoms. The second kappa shape index (κ2) is 6.08. The van der Waals surface area contributed by atoms with Crippen molar-refractivity contribution >= 4 is 11.9 Å². The van der Waals surface area contributed by atoms with Gasteiger partial charge >= 0.3 is 5.97 Å². The van der Waals surface area contributed by atoms with Crippen LogP contribution in [0.1, 0.15) is 19.4 Å². The molecule has 1 unspecified atom stereocenters. The van der Waals surface area contributed by atoms with E-state index in [1.807, 2.05) is 18.5 Å². The van der Waals surface area contributed by atoms with Gasteiger partial charge in [0.25, 0.3) is 0 Å². The van der Waals surface area contributed by atoms with Crippen molar-refractivity contribution in [2.24, 2.45) is 11.8 Å². The van der Waals surface area contributed by atoms with E-state index in [-0.39, 0.29) is 5.92 Å². The summed E-state index contributed by atoms with van der Waals surface area (Å²) < 4.78 is 0. The lowest BCUT2D eigenvalue weighted by molar-refractivity contribution is -0.148. The molecule has 1 heterocycles. The lowest BCUT2D eigenvalue weighted by Crippen LogP contribution is -2.39. The second-order valence-electron chi connectivity index (χ2n) is 4.32. The zero-order valence-electron chi connectivity index (χ0n) is 10.1. The minimum atomic E-state index is -1.07. The SMILES string of the molecule is CC(C)C(C(=O)O)C(=O)NCCc1cc[nH]c1. The minimum Gasteiger partial charge on any atom is -0.481 e. The molecule has 1 aromatic heterocycles. The number of carbonyl (C=O) groups is 2. The van der Waals surface area contributed by atoms with Crippen LogP contribution in [-0.2, 0) is 16.0 Å². The summed E-state index contributed by atoms with van der Waals surface area (Å²) >= 11 is 0. The van der Waals surface area contributed by atoms with Gasteiger partial charge in [-0.15, -0.1) is 0 Å². The number of H-pyrrole nitrogens is 1. The first-order valence-corrected chi connectivity index (χ1v) is 5.64. The van der Waals surface area contributed by atoms with Gasteiger partial charge in [-0.25, -0.2) is 0 Å². The number of carbonyl (C=O) groups excluding carboxylic acids is 1. The number of carboxylic acid groups (broad SMARTS) is 1. The zero-order chi connectivity index (χ0) is 12.8. The monoisotopic (exact) mass is 238 g/mol. The van der Waals surface area contributed by atoms with Crippen LogP contribution >= 0.6 is 0 Å². The second-order valence-corrected chi connectivity index (χ2v) is 4.32. The first kappa shape index (κ1) is 13.3. The van der Waals surface area contributed by atoms with Crippen molar-refractivity contribution in [3.63, 3.8) is 0 Å². The molecule has 0 aliphatic carbocycles. The minimum absolute atomic E-state index is 0.209. The third kappa shape index (κ3) is 3.94. The Labute approximate surface area is 100 Å². The maximum absolute atomic E-state index is 11.7. The van der Waals surface area contributed by atoms with Crippen LogP contribution in [0.4, 0.5) is 0 Å². The summed E-state index contributed by atoms with van der Waals surface area (Å²) in [5.41, 5.74) is 1.08. The Balaban J connectivity index is 2.40. The van der Waals surface area contributed by atoms with Crippen LogP contribution in [0.25, 0.3) is 0 Å². The van der Waals surface area contributed by atoms with E-state index < -0.39 is 17.8 Å². The first-order chi connectivity index (χ1) is 8.02. The third-order valence-corrected chi connectivity index (χ3v) is 2.59. The number of aliphatic carboxylic acids is 1. The molecule has 0 aliphatic heterocycles. The maximum atomic E-state index is 11.7. The summed E-state index contributed by atoms with van der Waals surface area (Å²) in [5.74, 6) is -2.66. The highest BCUT2D eigenvalue weighted by molar-refractivity contribution is 5.97. The van der Waals surface area contributed by atoms with Gasteiger partial charge in [0.2, 0.25) is 5.91 Å². The smallest absolute Gasteiger partial charge is 0.316 e. The van der Waals surface area contributed by atoms with E-state index in [4.69, 9.17) is 5.11 Å². The van der Waals surface area contributed by atoms with Gasteiger partial charge in [0, 0.05) is 18.9 Å². The summed E-state index contributed by atoms with van der Waals surface area (Å²) in [7, 11) is 0. The summed E-state index contributed by atoms with van der Waals surface area (Å²) in [4.78, 5) is 25.5. The number of aromatic nitrogens is 1. The van der Waals surface area contributed by atoms with Crippen LogP contribution in [-0.4, -0.2) is 28.5 Å². The van der Waals surface area contributed by atoms with Crippen LogP contribution < -0.4 is 5.32 Å². The molecule has 1 aromatic rings. The van der Waals surface area contributed by atoms with Crippen molar-refractivity contribution in [2.45, 2.75) is 20.3 Å². The van der Waals surface area contributed by atoms with E-state index in [0.29, 0.717) is 13.0 Å². The van der Waals surface area contributed by atoms with E-state index in [0.717, 1.165) is 5.56 Å². The van der Waals surface area contributed by atoms with E-state index in [2.05, 4.69) is 10.3 Å². The molecular formula is C12H18N2O3. The van der Waals surface area contributed by atoms with E-state index in [1.54, 1.807) is 13.8 Å². The standard InChI is InChI=1S/C12H18N2O3/c1-8(2)10(12(16)17)11(15)14-6-4-9-3-5-13-7-9/h3,5,7-8,10,13H,4,6H2,1-2H3,(H,14,15)(H,16,17). The quantitative estimate of drug-likeness (QED) is 0.647. The van der Waals surface area contributed by atoms with Crippen LogP contribution in [0.15, 0.2) is 18.5 Å². The molecule has 94 valence electrons. The molecule has 0 aromatic carbocycles. The van der Waals surface area contributed by atoms with Crippen LogP contribution in [0.5, 0.6) is 0 Å². The zero-order valence-corrected chi connectivity index (χ0v) is 10.1. The van der Waals surface area contributed by atoms with Gasteiger partial charge in [-0.1, -0.05) is 13.8 Å². The highest BCUT2D eigenvalue weighted by atomic mass is 16.4. The molecule has 0 saturated carbocycles. The number of nitrogens with one attached hydrogen (secondary N) is 2. The van der Waals surface area contributed by atoms with Gasteiger partial charge in [0.05, 0.1) is 0 Å². The number of rotatable bonds is 6. The molecule has 17 heavy (non-hydrogen) atoms. The Kier molecular flexibility index (Phi) is 4.75. The van der Waals surface area contributed by atoms with Crippen molar-refractivity contribution in [1.82, 2.24) is 10.3 Å². The fourth-order valence-corrected chi connectivity index (χ4v) is 1.65. The van der Waals surface area contributed by atoms with E-state index in [1.165, 1.54) is 0 Å². The molecular weight excluding hydrogens is 220 g/mol. The average Bonchev–Trinajstić information content (AvgIpc) is 2.69. The summed E-state index contributed by atoms with van der Waals surface area (Å²) in [6.07, 6.45) is 4.36. The van der Waals surface area contributed by atoms with Gasteiger partial charge in [-0.3, -0.25) is 9.59 Å². The molecule has 0 saturated heterocycles. The van der Waals surface area contributed by atoms with E-state index >= 15 is 0 Å². The van der Waals surface area contributed by atoms with E-state index in [9.17, 15) is 9.59 Å². The number of amides is 1. The highest BCUT2D eigenvalue weighted by Crippen LogP contribution is 2.11. The van der Waals surface area contributed by atoms with Gasteiger partial charge in [0.15, 0.2) is 0 Å². The fraction of sp³-hybridized carbons (Fsp3) is 0.500. The Morgan fingerprint density at radius 1 is 1.47 bits per heavy atom. The number of hydrogen-bond donors (Lipinski definition) is 3. The Bertz CT molecular complexity index is 371. The summed E-state index contributed by atoms with van der Waals surface area (Å²) in [6.45, 7) is 3.90. The normalized spacial score (nSPS) is 12.4. The van der Waals surface area contributed by atoms with Gasteiger partial charge in [-0.05, 0) is 24.0 Å². The van der Waals surface area contributed by atoms with Crippen LogP contribution in [0.3, 0.4) is 0 Å². The van der Waals surface area contributed by atoms with Gasteiger partial charge in [-0.2, -0.15) is 0 Å². The summed E-state index contributed by atoms with van der Waals surface area (Å²) in [6, 6.07) is 1.92. The van der Waals surface area contributed by atoms with Crippen LogP contribution in [0, 0.1) is 11.8 Å². The topological polar surface area (TPSA) is 82.2 Å². The maximum Gasteiger partial charge on any atom is 0.316 e. The molecule has 5 nitrogen and oxygen atoms in total. The number of hydrogen-bond acceptors (Lipinski definition) is 2. The Hall–Kier alpha value is -1.78. The van der Waals surface area contributed by atoms with Crippen molar-refractivity contribution in [3.05, 3.63) is 24.0 Å². The lowest BCUT2D eigenvalue weighted by Gasteiger charge is -2.15. The van der Waals surface area contributed by atoms with Crippen LogP contribution in [0.2, 0.25) is 0 Å². The van der Waals surface area contributed by atoms with Gasteiger partial charge < -0.3 is 15.4 Å². The molecule has 0 fully saturated rings. The largest absolute Gasteiger partial charge is 0.481 e. The van der Waals surface area contributed by atoms with Crippen molar-refractivity contribution in [2.75, 3.05) is 6.54 Å². The Morgan fingerprint density at radius 3 is 2.65 bits per heavy atom. The molecule has 0 radical (unpaired) electrons. The molecule has 1 atom stereocenters. The third-order valence-electron chi connectivity index (χ3n) is 2.59. The molecule has 3 N–H and O–H groups in total. The Morgan fingerprint density at radius 2 is 2.18 bits per heavy atom. The number of carboxylic acids is 1. The predicted octanol–water partition coefficient (Wildman–Crippen LogP) is 1.03. The average molecular weight is 238 g/mol. The molecule has 0 bridgehead atoms. The number of aromatic amines is 1. The first-order valence-electron chi connectivity index (χ1n) is 5.64. The van der Waals surface area contributed by atoms with Crippen molar-refractivity contribution < 1.29 is 14.7 Å². The molecule has 0 aliphatic rings. The predicted molar refractivity (Wildman–Crippen MR) is 63.5 cm³/mol. The van der Waals surface area contributed by atoms with Gasteiger partial charge in [0.1, 0.15) is 5.92 Å². The van der Waals surface area contributed by atoms with Crippen molar-refractivity contribution in [1.29, 1.82) is 0 Å². The fourth-order valence-electron chi connectivity index (χ4n) is 1.65. The lowest BCUT2D eigenvalue weighted by atomic mass is 9.95. The molecule has 1 rings (SSSR count). The highest BCUT2D eigenvalue weighted by Gasteiger charge is 2.28. The molecule has 1 amide bonds. The molecule has 0 spiro atoms.